The lowest BCUT2D eigenvalue weighted by atomic mass is 9.76. The van der Waals surface area contributed by atoms with E-state index in [9.17, 15) is 14.9 Å². The zero-order chi connectivity index (χ0) is 24.1. The van der Waals surface area contributed by atoms with Crippen LogP contribution in [0.4, 0.5) is 5.69 Å². The molecule has 0 spiro atoms. The van der Waals surface area contributed by atoms with E-state index < -0.39 is 4.92 Å². The Morgan fingerprint density at radius 3 is 2.36 bits per heavy atom. The lowest BCUT2D eigenvalue weighted by molar-refractivity contribution is -0.386. The number of hydrogen-bond acceptors (Lipinski definition) is 3. The number of carbonyl (C=O) groups excluding carboxylic acids is 1. The van der Waals surface area contributed by atoms with Gasteiger partial charge in [0.05, 0.1) is 15.7 Å². The Morgan fingerprint density at radius 1 is 1.12 bits per heavy atom. The van der Waals surface area contributed by atoms with Gasteiger partial charge in [-0.2, -0.15) is 0 Å². The van der Waals surface area contributed by atoms with E-state index in [1.54, 1.807) is 12.1 Å². The Balaban J connectivity index is 2.60. The molecule has 2 aromatic rings. The van der Waals surface area contributed by atoms with Crippen LogP contribution in [-0.4, -0.2) is 11.2 Å². The lowest BCUT2D eigenvalue weighted by Crippen LogP contribution is -2.33. The average Bonchev–Trinajstić information content (AvgIpc) is 2.79. The summed E-state index contributed by atoms with van der Waals surface area (Å²) >= 11 is 0. The Morgan fingerprint density at radius 2 is 1.82 bits per heavy atom. The predicted molar refractivity (Wildman–Crippen MR) is 135 cm³/mol. The topological polar surface area (TPSA) is 60.2 Å². The Kier molecular flexibility index (Phi) is 7.39. The summed E-state index contributed by atoms with van der Waals surface area (Å²) in [6.45, 7) is 12.5. The van der Waals surface area contributed by atoms with E-state index in [4.69, 9.17) is 0 Å². The first kappa shape index (κ1) is 23.9. The molecule has 0 aliphatic heterocycles. The van der Waals surface area contributed by atoms with Crippen LogP contribution in [0.3, 0.4) is 0 Å². The maximum Gasteiger partial charge on any atom is 0.287 e. The van der Waals surface area contributed by atoms with Gasteiger partial charge in [0.2, 0.25) is 0 Å². The maximum absolute atomic E-state index is 12.1. The van der Waals surface area contributed by atoms with Gasteiger partial charge in [-0.25, -0.2) is 0 Å². The molecular formula is C29H29NO3. The van der Waals surface area contributed by atoms with Crippen molar-refractivity contribution in [2.45, 2.75) is 40.5 Å². The number of hydrogen-bond donors (Lipinski definition) is 0. The van der Waals surface area contributed by atoms with Crippen molar-refractivity contribution < 1.29 is 9.72 Å². The standard InChI is InChI=1S/C29H29NO3/c1-6-11-24-23(7-2)20(5)26(19(3)4)17-27(24)25-15-14-22(18-31)29(30(32)33)28(25)16-21-12-9-8-10-13-21/h7-16,18H,5-6,17H2,1-4H3. The van der Waals surface area contributed by atoms with Gasteiger partial charge < -0.3 is 0 Å². The highest BCUT2D eigenvalue weighted by Gasteiger charge is 2.26. The first-order valence-electron chi connectivity index (χ1n) is 11.1. The molecule has 0 radical (unpaired) electrons. The molecule has 1 fully saturated rings. The molecule has 0 heterocycles. The smallest absolute Gasteiger partial charge is 0.287 e. The van der Waals surface area contributed by atoms with E-state index in [-0.39, 0.29) is 11.3 Å². The van der Waals surface area contributed by atoms with Gasteiger partial charge in [0.1, 0.15) is 0 Å². The second kappa shape index (κ2) is 10.2. The molecule has 3 rings (SSSR count). The molecule has 33 heavy (non-hydrogen) atoms. The van der Waals surface area contributed by atoms with E-state index in [1.807, 2.05) is 43.3 Å². The number of aldehydes is 1. The molecule has 0 aromatic heterocycles. The van der Waals surface area contributed by atoms with Gasteiger partial charge in [-0.15, -0.1) is 0 Å². The summed E-state index contributed by atoms with van der Waals surface area (Å²) in [5, 5.41) is 13.4. The molecule has 0 N–H and O–H groups in total. The number of rotatable bonds is 4. The number of nitrogens with zero attached hydrogens (tertiary/aromatic N) is 1. The van der Waals surface area contributed by atoms with Crippen molar-refractivity contribution in [1.82, 2.24) is 0 Å². The van der Waals surface area contributed by atoms with Gasteiger partial charge in [0.15, 0.2) is 6.29 Å². The molecule has 2 aromatic carbocycles. The molecular weight excluding hydrogens is 410 g/mol. The highest BCUT2D eigenvalue weighted by Crippen LogP contribution is 2.41. The quantitative estimate of drug-likeness (QED) is 0.335. The molecule has 168 valence electrons. The predicted octanol–water partition coefficient (Wildman–Crippen LogP) is 5.97. The van der Waals surface area contributed by atoms with Gasteiger partial charge in [0, 0.05) is 0 Å². The van der Waals surface area contributed by atoms with Crippen molar-refractivity contribution in [3.05, 3.63) is 121 Å². The van der Waals surface area contributed by atoms with Crippen LogP contribution in [0.2, 0.25) is 0 Å². The molecule has 1 saturated carbocycles. The van der Waals surface area contributed by atoms with Crippen LogP contribution in [0.5, 0.6) is 0 Å². The third-order valence-corrected chi connectivity index (χ3v) is 5.95. The number of carbonyl (C=O) groups is 1. The third-order valence-electron chi connectivity index (χ3n) is 5.95. The van der Waals surface area contributed by atoms with Gasteiger partial charge in [-0.05, 0) is 84.4 Å². The summed E-state index contributed by atoms with van der Waals surface area (Å²) in [6.07, 6.45) is 8.01. The van der Waals surface area contributed by atoms with E-state index >= 15 is 0 Å². The minimum Gasteiger partial charge on any atom is -0.298 e. The monoisotopic (exact) mass is 439 g/mol. The molecule has 4 nitrogen and oxygen atoms in total. The Bertz CT molecular complexity index is 1340. The fourth-order valence-electron chi connectivity index (χ4n) is 4.40. The number of allylic oxidation sites excluding steroid dienone is 7. The minimum atomic E-state index is -0.452. The molecule has 0 amide bonds. The second-order valence-electron chi connectivity index (χ2n) is 8.24. The molecule has 0 unspecified atom stereocenters. The summed E-state index contributed by atoms with van der Waals surface area (Å²) in [7, 11) is 0. The van der Waals surface area contributed by atoms with Crippen LogP contribution in [0.1, 0.15) is 56.5 Å². The molecule has 0 atom stereocenters. The van der Waals surface area contributed by atoms with E-state index in [0.717, 1.165) is 45.1 Å². The molecule has 1 aliphatic rings. The van der Waals surface area contributed by atoms with Crippen LogP contribution in [0.25, 0.3) is 11.6 Å². The highest BCUT2D eigenvalue weighted by molar-refractivity contribution is 5.86. The summed E-state index contributed by atoms with van der Waals surface area (Å²) in [4.78, 5) is 23.4. The highest BCUT2D eigenvalue weighted by atomic mass is 16.6. The fraction of sp³-hybridized carbons (Fsp3) is 0.207. The van der Waals surface area contributed by atoms with Crippen molar-refractivity contribution in [3.63, 3.8) is 0 Å². The van der Waals surface area contributed by atoms with Crippen LogP contribution >= 0.6 is 0 Å². The number of nitro benzene ring substituents is 1. The summed E-state index contributed by atoms with van der Waals surface area (Å²) in [5.74, 6) is 0. The summed E-state index contributed by atoms with van der Waals surface area (Å²) < 4.78 is 0. The first-order valence-corrected chi connectivity index (χ1v) is 11.1. The van der Waals surface area contributed by atoms with Crippen molar-refractivity contribution in [3.8, 4) is 0 Å². The van der Waals surface area contributed by atoms with Gasteiger partial charge >= 0.3 is 0 Å². The third kappa shape index (κ3) is 4.70. The van der Waals surface area contributed by atoms with Crippen molar-refractivity contribution >= 4 is 23.6 Å². The second-order valence-corrected chi connectivity index (χ2v) is 8.24. The van der Waals surface area contributed by atoms with Crippen molar-refractivity contribution in [2.24, 2.45) is 0 Å². The van der Waals surface area contributed by atoms with Crippen molar-refractivity contribution in [1.29, 1.82) is 0 Å². The van der Waals surface area contributed by atoms with Gasteiger partial charge in [0.25, 0.3) is 5.69 Å². The van der Waals surface area contributed by atoms with Crippen LogP contribution < -0.4 is 10.4 Å². The van der Waals surface area contributed by atoms with Crippen molar-refractivity contribution in [2.75, 3.05) is 0 Å². The first-order chi connectivity index (χ1) is 15.8. The van der Waals surface area contributed by atoms with E-state index in [1.165, 1.54) is 5.57 Å². The molecule has 0 saturated heterocycles. The molecule has 4 heteroatoms. The fourth-order valence-corrected chi connectivity index (χ4v) is 4.40. The van der Waals surface area contributed by atoms with Gasteiger partial charge in [-0.3, -0.25) is 14.9 Å². The SMILES string of the molecule is C=C1C(=CC)C(=CCC)C(=c2ccc(C=O)c([N+](=O)[O-])c2=Cc2ccccc2)CC1=C(C)C. The summed E-state index contributed by atoms with van der Waals surface area (Å²) in [5.41, 5.74) is 7.14. The van der Waals surface area contributed by atoms with Crippen LogP contribution in [0, 0.1) is 10.1 Å². The van der Waals surface area contributed by atoms with E-state index in [2.05, 4.69) is 39.5 Å². The molecule has 0 bridgehead atoms. The van der Waals surface area contributed by atoms with Crippen LogP contribution in [0.15, 0.2) is 89.1 Å². The normalized spacial score (nSPS) is 18.7. The zero-order valence-corrected chi connectivity index (χ0v) is 19.6. The Labute approximate surface area is 194 Å². The lowest BCUT2D eigenvalue weighted by Gasteiger charge is -2.28. The zero-order valence-electron chi connectivity index (χ0n) is 19.6. The minimum absolute atomic E-state index is 0.0708. The largest absolute Gasteiger partial charge is 0.298 e. The average molecular weight is 440 g/mol. The number of benzene rings is 2. The number of nitro groups is 1. The van der Waals surface area contributed by atoms with Gasteiger partial charge in [-0.1, -0.05) is 67.6 Å². The summed E-state index contributed by atoms with van der Waals surface area (Å²) in [6, 6.07) is 12.9. The Hall–Kier alpha value is -3.79. The van der Waals surface area contributed by atoms with Crippen LogP contribution in [-0.2, 0) is 0 Å². The van der Waals surface area contributed by atoms with E-state index in [0.29, 0.717) is 17.9 Å². The molecule has 1 aliphatic carbocycles. The maximum atomic E-state index is 12.1.